The SMILES string of the molecule is C[C@H](CC(=O)O)NC(=O)CC(CC(C)(C)C)NC(=O)OCC1c2ccccc2-c2ccccc21. The van der Waals surface area contributed by atoms with Crippen molar-refractivity contribution in [1.82, 2.24) is 10.6 Å². The van der Waals surface area contributed by atoms with E-state index >= 15 is 0 Å². The molecule has 0 spiro atoms. The van der Waals surface area contributed by atoms with Gasteiger partial charge in [-0.1, -0.05) is 69.3 Å². The molecule has 7 heteroatoms. The Hall–Kier alpha value is -3.35. The van der Waals surface area contributed by atoms with Crippen molar-refractivity contribution < 1.29 is 24.2 Å². The van der Waals surface area contributed by atoms with Crippen LogP contribution in [0.2, 0.25) is 0 Å². The Morgan fingerprint density at radius 3 is 2.03 bits per heavy atom. The van der Waals surface area contributed by atoms with E-state index in [0.717, 1.165) is 22.3 Å². The van der Waals surface area contributed by atoms with Crippen molar-refractivity contribution in [3.8, 4) is 11.1 Å². The van der Waals surface area contributed by atoms with E-state index in [1.807, 2.05) is 45.0 Å². The minimum atomic E-state index is -0.976. The van der Waals surface area contributed by atoms with Gasteiger partial charge < -0.3 is 20.5 Å². The normalized spacial score (nSPS) is 14.5. The predicted molar refractivity (Wildman–Crippen MR) is 131 cm³/mol. The Labute approximate surface area is 200 Å². The molecule has 0 bridgehead atoms. The molecule has 1 aliphatic carbocycles. The molecule has 7 nitrogen and oxygen atoms in total. The average Bonchev–Trinajstić information content (AvgIpc) is 3.04. The molecule has 0 radical (unpaired) electrons. The summed E-state index contributed by atoms with van der Waals surface area (Å²) < 4.78 is 5.64. The fourth-order valence-corrected chi connectivity index (χ4v) is 4.59. The highest BCUT2D eigenvalue weighted by Gasteiger charge is 2.30. The van der Waals surface area contributed by atoms with Gasteiger partial charge in [0, 0.05) is 24.4 Å². The lowest BCUT2D eigenvalue weighted by atomic mass is 9.87. The summed E-state index contributed by atoms with van der Waals surface area (Å²) in [5.74, 6) is -1.32. The summed E-state index contributed by atoms with van der Waals surface area (Å²) in [7, 11) is 0. The maximum absolute atomic E-state index is 12.7. The molecule has 2 aromatic carbocycles. The van der Waals surface area contributed by atoms with Gasteiger partial charge in [-0.05, 0) is 41.0 Å². The number of hydrogen-bond acceptors (Lipinski definition) is 4. The van der Waals surface area contributed by atoms with E-state index in [1.165, 1.54) is 0 Å². The fraction of sp³-hybridized carbons (Fsp3) is 0.444. The van der Waals surface area contributed by atoms with Crippen LogP contribution in [0, 0.1) is 5.41 Å². The van der Waals surface area contributed by atoms with Crippen LogP contribution in [0.4, 0.5) is 4.79 Å². The lowest BCUT2D eigenvalue weighted by Gasteiger charge is -2.27. The van der Waals surface area contributed by atoms with Crippen molar-refractivity contribution in [3.05, 3.63) is 59.7 Å². The Kier molecular flexibility index (Phi) is 7.97. The van der Waals surface area contributed by atoms with Crippen LogP contribution in [-0.2, 0) is 14.3 Å². The first-order chi connectivity index (χ1) is 16.0. The van der Waals surface area contributed by atoms with Gasteiger partial charge in [-0.2, -0.15) is 0 Å². The molecule has 34 heavy (non-hydrogen) atoms. The van der Waals surface area contributed by atoms with E-state index in [-0.39, 0.29) is 36.7 Å². The summed E-state index contributed by atoms with van der Waals surface area (Å²) in [6.07, 6.45) is -0.110. The molecule has 0 aromatic heterocycles. The fourth-order valence-electron chi connectivity index (χ4n) is 4.59. The first-order valence-electron chi connectivity index (χ1n) is 11.7. The largest absolute Gasteiger partial charge is 0.481 e. The van der Waals surface area contributed by atoms with E-state index in [9.17, 15) is 14.4 Å². The molecule has 0 saturated carbocycles. The monoisotopic (exact) mass is 466 g/mol. The standard InChI is InChI=1S/C27H34N2O5/c1-17(13-25(31)32)28-24(30)14-18(15-27(2,3)4)29-26(33)34-16-23-21-11-7-5-9-19(21)20-10-6-8-12-22(20)23/h5-12,17-18,23H,13-16H2,1-4H3,(H,28,30)(H,29,33)(H,31,32)/t17-,18?/m1/s1. The number of amides is 2. The second kappa shape index (κ2) is 10.7. The van der Waals surface area contributed by atoms with Crippen LogP contribution in [-0.4, -0.2) is 41.8 Å². The van der Waals surface area contributed by atoms with Gasteiger partial charge in [-0.15, -0.1) is 0 Å². The van der Waals surface area contributed by atoms with Crippen LogP contribution in [0.5, 0.6) is 0 Å². The molecule has 1 aliphatic rings. The van der Waals surface area contributed by atoms with Crippen LogP contribution in [0.25, 0.3) is 11.1 Å². The topological polar surface area (TPSA) is 105 Å². The van der Waals surface area contributed by atoms with Crippen LogP contribution >= 0.6 is 0 Å². The summed E-state index contributed by atoms with van der Waals surface area (Å²) in [5.41, 5.74) is 4.45. The Bertz CT molecular complexity index is 998. The summed E-state index contributed by atoms with van der Waals surface area (Å²) in [6.45, 7) is 7.94. The molecule has 2 aromatic rings. The zero-order valence-corrected chi connectivity index (χ0v) is 20.3. The summed E-state index contributed by atoms with van der Waals surface area (Å²) in [6, 6.07) is 15.3. The number of aliphatic carboxylic acids is 1. The lowest BCUT2D eigenvalue weighted by Crippen LogP contribution is -2.43. The summed E-state index contributed by atoms with van der Waals surface area (Å²) in [5, 5.41) is 14.4. The summed E-state index contributed by atoms with van der Waals surface area (Å²) in [4.78, 5) is 36.0. The molecular weight excluding hydrogens is 432 g/mol. The summed E-state index contributed by atoms with van der Waals surface area (Å²) >= 11 is 0. The third kappa shape index (κ3) is 6.83. The minimum Gasteiger partial charge on any atom is -0.481 e. The Morgan fingerprint density at radius 2 is 1.50 bits per heavy atom. The van der Waals surface area contributed by atoms with Gasteiger partial charge in [0.25, 0.3) is 0 Å². The van der Waals surface area contributed by atoms with Crippen molar-refractivity contribution in [2.45, 2.75) is 65.0 Å². The highest BCUT2D eigenvalue weighted by atomic mass is 16.5. The minimum absolute atomic E-state index is 0.0422. The second-order valence-corrected chi connectivity index (χ2v) is 10.2. The predicted octanol–water partition coefficient (Wildman–Crippen LogP) is 4.70. The van der Waals surface area contributed by atoms with Crippen molar-refractivity contribution in [2.24, 2.45) is 5.41 Å². The second-order valence-electron chi connectivity index (χ2n) is 10.2. The molecule has 0 aliphatic heterocycles. The van der Waals surface area contributed by atoms with Gasteiger partial charge in [0.15, 0.2) is 0 Å². The number of carbonyl (C=O) groups excluding carboxylic acids is 2. The van der Waals surface area contributed by atoms with E-state index in [2.05, 4.69) is 34.9 Å². The van der Waals surface area contributed by atoms with E-state index in [4.69, 9.17) is 9.84 Å². The Balaban J connectivity index is 1.62. The Morgan fingerprint density at radius 1 is 0.941 bits per heavy atom. The van der Waals surface area contributed by atoms with Crippen LogP contribution in [0.15, 0.2) is 48.5 Å². The molecule has 0 heterocycles. The smallest absolute Gasteiger partial charge is 0.407 e. The molecular formula is C27H34N2O5. The maximum atomic E-state index is 12.7. The highest BCUT2D eigenvalue weighted by Crippen LogP contribution is 2.44. The van der Waals surface area contributed by atoms with Crippen LogP contribution in [0.1, 0.15) is 64.0 Å². The number of carbonyl (C=O) groups is 3. The quantitative estimate of drug-likeness (QED) is 0.497. The number of benzene rings is 2. The first kappa shape index (κ1) is 25.3. The molecule has 3 N–H and O–H groups in total. The first-order valence-corrected chi connectivity index (χ1v) is 11.7. The third-order valence-corrected chi connectivity index (χ3v) is 5.84. The maximum Gasteiger partial charge on any atom is 0.407 e. The molecule has 2 atom stereocenters. The number of rotatable bonds is 9. The van der Waals surface area contributed by atoms with Crippen molar-refractivity contribution >= 4 is 18.0 Å². The number of hydrogen-bond donors (Lipinski definition) is 3. The van der Waals surface area contributed by atoms with Gasteiger partial charge >= 0.3 is 12.1 Å². The number of carboxylic acids is 1. The highest BCUT2D eigenvalue weighted by molar-refractivity contribution is 5.80. The number of carboxylic acid groups (broad SMARTS) is 1. The molecule has 0 saturated heterocycles. The van der Waals surface area contributed by atoms with Gasteiger partial charge in [-0.3, -0.25) is 9.59 Å². The number of nitrogens with one attached hydrogen (secondary N) is 2. The van der Waals surface area contributed by atoms with Gasteiger partial charge in [0.2, 0.25) is 5.91 Å². The molecule has 3 rings (SSSR count). The van der Waals surface area contributed by atoms with Gasteiger partial charge in [0.05, 0.1) is 6.42 Å². The molecule has 182 valence electrons. The van der Waals surface area contributed by atoms with E-state index in [0.29, 0.717) is 6.42 Å². The molecule has 0 fully saturated rings. The van der Waals surface area contributed by atoms with E-state index < -0.39 is 24.1 Å². The molecule has 2 amide bonds. The number of alkyl carbamates (subject to hydrolysis) is 1. The third-order valence-electron chi connectivity index (χ3n) is 5.84. The average molecular weight is 467 g/mol. The zero-order chi connectivity index (χ0) is 24.9. The zero-order valence-electron chi connectivity index (χ0n) is 20.3. The van der Waals surface area contributed by atoms with Gasteiger partial charge in [0.1, 0.15) is 6.61 Å². The lowest BCUT2D eigenvalue weighted by molar-refractivity contribution is -0.137. The van der Waals surface area contributed by atoms with Crippen LogP contribution < -0.4 is 10.6 Å². The van der Waals surface area contributed by atoms with E-state index in [1.54, 1.807) is 6.92 Å². The number of ether oxygens (including phenoxy) is 1. The van der Waals surface area contributed by atoms with Crippen molar-refractivity contribution in [1.29, 1.82) is 0 Å². The number of fused-ring (bicyclic) bond motifs is 3. The van der Waals surface area contributed by atoms with Crippen molar-refractivity contribution in [2.75, 3.05) is 6.61 Å². The van der Waals surface area contributed by atoms with Gasteiger partial charge in [-0.25, -0.2) is 4.79 Å². The van der Waals surface area contributed by atoms with Crippen molar-refractivity contribution in [3.63, 3.8) is 0 Å². The molecule has 1 unspecified atom stereocenters. The van der Waals surface area contributed by atoms with Crippen LogP contribution in [0.3, 0.4) is 0 Å².